The van der Waals surface area contributed by atoms with Crippen molar-refractivity contribution in [3.63, 3.8) is 0 Å². The van der Waals surface area contributed by atoms with E-state index >= 15 is 0 Å². The lowest BCUT2D eigenvalue weighted by Gasteiger charge is -2.10. The van der Waals surface area contributed by atoms with E-state index in [0.29, 0.717) is 0 Å². The summed E-state index contributed by atoms with van der Waals surface area (Å²) in [7, 11) is 1.67. The van der Waals surface area contributed by atoms with Gasteiger partial charge in [0.15, 0.2) is 0 Å². The van der Waals surface area contributed by atoms with Gasteiger partial charge < -0.3 is 9.47 Å². The van der Waals surface area contributed by atoms with Crippen molar-refractivity contribution >= 4 is 10.9 Å². The predicted molar refractivity (Wildman–Crippen MR) is 100 cm³/mol. The maximum atomic E-state index is 5.86. The highest BCUT2D eigenvalue weighted by Gasteiger charge is 2.07. The van der Waals surface area contributed by atoms with Gasteiger partial charge in [0, 0.05) is 11.6 Å². The van der Waals surface area contributed by atoms with Crippen molar-refractivity contribution in [2.45, 2.75) is 0 Å². The summed E-state index contributed by atoms with van der Waals surface area (Å²) < 4.78 is 11.2. The van der Waals surface area contributed by atoms with Crippen LogP contribution in [-0.2, 0) is 0 Å². The Morgan fingerprint density at radius 2 is 1.44 bits per heavy atom. The number of para-hydroxylation sites is 1. The van der Waals surface area contributed by atoms with Crippen molar-refractivity contribution < 1.29 is 9.47 Å². The first-order chi connectivity index (χ1) is 12.3. The highest BCUT2D eigenvalue weighted by Crippen LogP contribution is 2.31. The molecule has 0 amide bonds. The second-order valence-corrected chi connectivity index (χ2v) is 5.68. The third kappa shape index (κ3) is 3.17. The van der Waals surface area contributed by atoms with Crippen molar-refractivity contribution in [3.8, 4) is 28.4 Å². The molecular formula is C22H17NO2. The first kappa shape index (κ1) is 15.2. The Balaban J connectivity index is 1.69. The lowest BCUT2D eigenvalue weighted by Crippen LogP contribution is -1.88. The molecule has 0 saturated carbocycles. The molecule has 1 heterocycles. The van der Waals surface area contributed by atoms with Crippen LogP contribution in [0.2, 0.25) is 0 Å². The van der Waals surface area contributed by atoms with Gasteiger partial charge in [-0.3, -0.25) is 4.98 Å². The van der Waals surface area contributed by atoms with E-state index in [9.17, 15) is 0 Å². The highest BCUT2D eigenvalue weighted by atomic mass is 16.5. The smallest absolute Gasteiger partial charge is 0.127 e. The Bertz CT molecular complexity index is 995. The molecule has 3 heteroatoms. The van der Waals surface area contributed by atoms with Crippen LogP contribution in [0.4, 0.5) is 0 Å². The quantitative estimate of drug-likeness (QED) is 0.481. The average Bonchev–Trinajstić information content (AvgIpc) is 2.68. The van der Waals surface area contributed by atoms with Gasteiger partial charge in [-0.05, 0) is 59.7 Å². The second kappa shape index (κ2) is 6.65. The summed E-state index contributed by atoms with van der Waals surface area (Å²) in [5.74, 6) is 2.46. The Hall–Kier alpha value is -3.33. The molecule has 0 saturated heterocycles. The number of hydrogen-bond donors (Lipinski definition) is 0. The van der Waals surface area contributed by atoms with Gasteiger partial charge in [0.05, 0.1) is 12.6 Å². The molecule has 0 aliphatic rings. The van der Waals surface area contributed by atoms with E-state index in [1.807, 2.05) is 72.9 Å². The Morgan fingerprint density at radius 1 is 0.720 bits per heavy atom. The lowest BCUT2D eigenvalue weighted by molar-refractivity contribution is 0.415. The van der Waals surface area contributed by atoms with Crippen LogP contribution in [0.3, 0.4) is 0 Å². The zero-order chi connectivity index (χ0) is 17.1. The van der Waals surface area contributed by atoms with Crippen LogP contribution in [0.25, 0.3) is 22.0 Å². The monoisotopic (exact) mass is 327 g/mol. The summed E-state index contributed by atoms with van der Waals surface area (Å²) in [6.07, 6.45) is 1.83. The van der Waals surface area contributed by atoms with Gasteiger partial charge in [-0.1, -0.05) is 30.3 Å². The lowest BCUT2D eigenvalue weighted by atomic mass is 10.0. The third-order valence-corrected chi connectivity index (χ3v) is 4.09. The molecule has 0 aliphatic carbocycles. The van der Waals surface area contributed by atoms with Crippen molar-refractivity contribution in [2.75, 3.05) is 7.11 Å². The van der Waals surface area contributed by atoms with Crippen LogP contribution in [0, 0.1) is 0 Å². The van der Waals surface area contributed by atoms with Gasteiger partial charge >= 0.3 is 0 Å². The molecule has 0 N–H and O–H groups in total. The number of ether oxygens (including phenoxy) is 2. The van der Waals surface area contributed by atoms with Crippen molar-refractivity contribution in [3.05, 3.63) is 85.1 Å². The molecule has 25 heavy (non-hydrogen) atoms. The van der Waals surface area contributed by atoms with Crippen LogP contribution in [0.5, 0.6) is 17.2 Å². The van der Waals surface area contributed by atoms with Crippen LogP contribution < -0.4 is 9.47 Å². The molecule has 3 nitrogen and oxygen atoms in total. The average molecular weight is 327 g/mol. The molecule has 0 unspecified atom stereocenters. The fourth-order valence-electron chi connectivity index (χ4n) is 2.83. The zero-order valence-corrected chi connectivity index (χ0v) is 13.8. The Labute approximate surface area is 146 Å². The van der Waals surface area contributed by atoms with Crippen LogP contribution in [-0.4, -0.2) is 12.1 Å². The van der Waals surface area contributed by atoms with Crippen molar-refractivity contribution in [1.29, 1.82) is 0 Å². The van der Waals surface area contributed by atoms with Gasteiger partial charge in [-0.25, -0.2) is 0 Å². The number of nitrogens with zero attached hydrogens (tertiary/aromatic N) is 1. The predicted octanol–water partition coefficient (Wildman–Crippen LogP) is 5.70. The van der Waals surface area contributed by atoms with E-state index in [1.165, 1.54) is 0 Å². The van der Waals surface area contributed by atoms with Crippen LogP contribution >= 0.6 is 0 Å². The fraction of sp³-hybridized carbons (Fsp3) is 0.0455. The molecule has 0 fully saturated rings. The van der Waals surface area contributed by atoms with Gasteiger partial charge in [0.25, 0.3) is 0 Å². The summed E-state index contributed by atoms with van der Waals surface area (Å²) >= 11 is 0. The van der Waals surface area contributed by atoms with Crippen LogP contribution in [0.1, 0.15) is 0 Å². The number of aromatic nitrogens is 1. The van der Waals surface area contributed by atoms with Gasteiger partial charge in [0.1, 0.15) is 17.2 Å². The number of methoxy groups -OCH3 is 1. The third-order valence-electron chi connectivity index (χ3n) is 4.09. The van der Waals surface area contributed by atoms with Gasteiger partial charge in [0.2, 0.25) is 0 Å². The van der Waals surface area contributed by atoms with Crippen molar-refractivity contribution in [2.24, 2.45) is 0 Å². The standard InChI is InChI=1S/C22H17NO2/c1-24-19-11-12-22-21(15-19)20(13-14-23-22)16-7-9-18(10-8-16)25-17-5-3-2-4-6-17/h2-15H,1H3. The normalized spacial score (nSPS) is 10.6. The minimum Gasteiger partial charge on any atom is -0.497 e. The molecule has 3 aromatic carbocycles. The molecule has 0 aliphatic heterocycles. The van der Waals surface area contributed by atoms with E-state index in [2.05, 4.69) is 17.1 Å². The Morgan fingerprint density at radius 3 is 2.20 bits per heavy atom. The summed E-state index contributed by atoms with van der Waals surface area (Å²) in [6.45, 7) is 0. The van der Waals surface area contributed by atoms with Crippen LogP contribution in [0.15, 0.2) is 85.1 Å². The molecule has 4 rings (SSSR count). The van der Waals surface area contributed by atoms with E-state index in [0.717, 1.165) is 39.3 Å². The first-order valence-electron chi connectivity index (χ1n) is 8.09. The maximum Gasteiger partial charge on any atom is 0.127 e. The maximum absolute atomic E-state index is 5.86. The summed E-state index contributed by atoms with van der Waals surface area (Å²) in [6, 6.07) is 25.8. The van der Waals surface area contributed by atoms with E-state index in [1.54, 1.807) is 7.11 Å². The first-order valence-corrected chi connectivity index (χ1v) is 8.09. The van der Waals surface area contributed by atoms with Gasteiger partial charge in [-0.15, -0.1) is 0 Å². The van der Waals surface area contributed by atoms with E-state index in [-0.39, 0.29) is 0 Å². The molecular weight excluding hydrogens is 310 g/mol. The zero-order valence-electron chi connectivity index (χ0n) is 13.8. The molecule has 0 spiro atoms. The number of rotatable bonds is 4. The molecule has 0 radical (unpaired) electrons. The van der Waals surface area contributed by atoms with E-state index < -0.39 is 0 Å². The number of fused-ring (bicyclic) bond motifs is 1. The summed E-state index contributed by atoms with van der Waals surface area (Å²) in [5, 5.41) is 1.07. The van der Waals surface area contributed by atoms with E-state index in [4.69, 9.17) is 9.47 Å². The number of pyridine rings is 1. The topological polar surface area (TPSA) is 31.4 Å². The molecule has 1 aromatic heterocycles. The SMILES string of the molecule is COc1ccc2nccc(-c3ccc(Oc4ccccc4)cc3)c2c1. The fourth-order valence-corrected chi connectivity index (χ4v) is 2.83. The Kier molecular flexibility index (Phi) is 4.05. The number of hydrogen-bond acceptors (Lipinski definition) is 3. The largest absolute Gasteiger partial charge is 0.497 e. The minimum absolute atomic E-state index is 0.811. The molecule has 0 bridgehead atoms. The van der Waals surface area contributed by atoms with Gasteiger partial charge in [-0.2, -0.15) is 0 Å². The summed E-state index contributed by atoms with van der Waals surface area (Å²) in [5.41, 5.74) is 3.18. The summed E-state index contributed by atoms with van der Waals surface area (Å²) in [4.78, 5) is 4.44. The minimum atomic E-state index is 0.811. The molecule has 4 aromatic rings. The number of benzene rings is 3. The van der Waals surface area contributed by atoms with Crippen molar-refractivity contribution in [1.82, 2.24) is 4.98 Å². The molecule has 0 atom stereocenters. The highest BCUT2D eigenvalue weighted by molar-refractivity contribution is 5.95. The molecule has 122 valence electrons. The second-order valence-electron chi connectivity index (χ2n) is 5.68.